The van der Waals surface area contributed by atoms with Crippen LogP contribution in [0.15, 0.2) is 48.5 Å². The molecule has 0 spiro atoms. The largest absolute Gasteiger partial charge is 0.480 e. The molecule has 0 radical (unpaired) electrons. The summed E-state index contributed by atoms with van der Waals surface area (Å²) >= 11 is 1.64. The molecule has 10 heteroatoms. The van der Waals surface area contributed by atoms with Crippen LogP contribution in [-0.4, -0.2) is 64.6 Å². The normalized spacial score (nSPS) is 22.6. The Balaban J connectivity index is 1.11. The zero-order chi connectivity index (χ0) is 31.7. The van der Waals surface area contributed by atoms with Crippen LogP contribution in [0.4, 0.5) is 17.6 Å². The molecule has 1 saturated carbocycles. The molecular weight excluding hydrogens is 602 g/mol. The molecule has 5 nitrogen and oxygen atoms in total. The summed E-state index contributed by atoms with van der Waals surface area (Å²) in [6.07, 6.45) is 1.65. The van der Waals surface area contributed by atoms with Crippen molar-refractivity contribution in [3.8, 4) is 0 Å². The van der Waals surface area contributed by atoms with Gasteiger partial charge in [0, 0.05) is 36.9 Å². The van der Waals surface area contributed by atoms with Gasteiger partial charge in [0.1, 0.15) is 11.9 Å². The minimum atomic E-state index is -4.37. The first-order chi connectivity index (χ1) is 21.6. The molecule has 3 aliphatic rings. The number of hydrogen-bond acceptors (Lipinski definition) is 5. The first-order valence-corrected chi connectivity index (χ1v) is 17.0. The molecule has 3 atom stereocenters. The van der Waals surface area contributed by atoms with E-state index < -0.39 is 23.8 Å². The lowest BCUT2D eigenvalue weighted by atomic mass is 9.87. The maximum atomic E-state index is 14.3. The van der Waals surface area contributed by atoms with E-state index >= 15 is 0 Å². The number of aliphatic carboxylic acids is 1. The molecule has 6 rings (SSSR count). The molecule has 45 heavy (non-hydrogen) atoms. The lowest BCUT2D eigenvalue weighted by Crippen LogP contribution is -2.41. The summed E-state index contributed by atoms with van der Waals surface area (Å²) in [4.78, 5) is 23.0. The van der Waals surface area contributed by atoms with Gasteiger partial charge in [0.25, 0.3) is 0 Å². The third-order valence-electron chi connectivity index (χ3n) is 9.89. The van der Waals surface area contributed by atoms with E-state index in [0.29, 0.717) is 43.3 Å². The van der Waals surface area contributed by atoms with E-state index in [-0.39, 0.29) is 17.7 Å². The Hall–Kier alpha value is -2.82. The van der Waals surface area contributed by atoms with Crippen molar-refractivity contribution in [2.75, 3.05) is 32.7 Å². The first kappa shape index (κ1) is 32.1. The van der Waals surface area contributed by atoms with Crippen LogP contribution >= 0.6 is 11.3 Å². The molecule has 2 aromatic carbocycles. The standard InChI is InChI=1S/C35H41F4N3O2S/c1-2-30-33(45-32(40-30)17-23-5-3-7-27(15-23)35(37,38)39)24-11-13-41(14-12-24)19-26-20-42(31(34(43)44)16-22-9-10-22)21-29(26)25-6-4-8-28(36)18-25/h3-8,15,18,22,24,26,29,31H,2,9-14,16-17,19-21H2,1H3,(H,43,44)/t26-,29+,31+/m0/s1. The number of likely N-dealkylation sites (tertiary alicyclic amines) is 2. The van der Waals surface area contributed by atoms with E-state index in [1.807, 2.05) is 6.07 Å². The summed E-state index contributed by atoms with van der Waals surface area (Å²) in [5, 5.41) is 10.9. The van der Waals surface area contributed by atoms with E-state index in [0.717, 1.165) is 74.1 Å². The van der Waals surface area contributed by atoms with Crippen LogP contribution in [0.3, 0.4) is 0 Å². The van der Waals surface area contributed by atoms with Gasteiger partial charge in [0.15, 0.2) is 0 Å². The van der Waals surface area contributed by atoms with E-state index in [1.54, 1.807) is 29.5 Å². The van der Waals surface area contributed by atoms with Crippen LogP contribution in [0.1, 0.15) is 83.1 Å². The van der Waals surface area contributed by atoms with Gasteiger partial charge < -0.3 is 10.0 Å². The van der Waals surface area contributed by atoms with Gasteiger partial charge in [0.05, 0.1) is 16.3 Å². The number of aromatic nitrogens is 1. The Labute approximate surface area is 266 Å². The number of carbonyl (C=O) groups is 1. The van der Waals surface area contributed by atoms with Gasteiger partial charge in [-0.25, -0.2) is 9.37 Å². The lowest BCUT2D eigenvalue weighted by molar-refractivity contribution is -0.143. The quantitative estimate of drug-likeness (QED) is 0.218. The zero-order valence-electron chi connectivity index (χ0n) is 25.6. The smallest absolute Gasteiger partial charge is 0.416 e. The third-order valence-corrected chi connectivity index (χ3v) is 11.2. The fraction of sp³-hybridized carbons (Fsp3) is 0.543. The highest BCUT2D eigenvalue weighted by Gasteiger charge is 2.42. The Morgan fingerprint density at radius 2 is 1.82 bits per heavy atom. The maximum Gasteiger partial charge on any atom is 0.416 e. The number of alkyl halides is 3. The highest BCUT2D eigenvalue weighted by Crippen LogP contribution is 2.41. The minimum Gasteiger partial charge on any atom is -0.480 e. The van der Waals surface area contributed by atoms with Gasteiger partial charge in [-0.2, -0.15) is 13.2 Å². The SMILES string of the molecule is CCc1nc(Cc2cccc(C(F)(F)F)c2)sc1C1CCN(C[C@H]2CN([C@H](CC3CC3)C(=O)O)C[C@@H]2c2cccc(F)c2)CC1. The topological polar surface area (TPSA) is 56.7 Å². The number of halogens is 4. The first-order valence-electron chi connectivity index (χ1n) is 16.2. The van der Waals surface area contributed by atoms with Gasteiger partial charge in [0.2, 0.25) is 0 Å². The molecule has 2 aliphatic heterocycles. The van der Waals surface area contributed by atoms with Crippen LogP contribution in [-0.2, 0) is 23.8 Å². The van der Waals surface area contributed by atoms with Crippen LogP contribution in [0.5, 0.6) is 0 Å². The molecule has 3 fully saturated rings. The zero-order valence-corrected chi connectivity index (χ0v) is 26.4. The number of carboxylic acid groups (broad SMARTS) is 1. The molecule has 2 saturated heterocycles. The van der Waals surface area contributed by atoms with Crippen molar-refractivity contribution in [1.82, 2.24) is 14.8 Å². The number of piperidine rings is 1. The second-order valence-electron chi connectivity index (χ2n) is 13.1. The number of carboxylic acids is 1. The van der Waals surface area contributed by atoms with Crippen LogP contribution in [0, 0.1) is 17.7 Å². The molecule has 1 N–H and O–H groups in total. The van der Waals surface area contributed by atoms with Crippen molar-refractivity contribution in [2.45, 2.75) is 75.9 Å². The van der Waals surface area contributed by atoms with Crippen molar-refractivity contribution < 1.29 is 27.5 Å². The summed E-state index contributed by atoms with van der Waals surface area (Å²) in [7, 11) is 0. The predicted molar refractivity (Wildman–Crippen MR) is 167 cm³/mol. The fourth-order valence-corrected chi connectivity index (χ4v) is 8.70. The summed E-state index contributed by atoms with van der Waals surface area (Å²) in [6, 6.07) is 11.8. The van der Waals surface area contributed by atoms with Crippen molar-refractivity contribution >= 4 is 17.3 Å². The van der Waals surface area contributed by atoms with Gasteiger partial charge in [-0.15, -0.1) is 11.3 Å². The minimum absolute atomic E-state index is 0.0751. The van der Waals surface area contributed by atoms with E-state index in [2.05, 4.69) is 16.7 Å². The van der Waals surface area contributed by atoms with Gasteiger partial charge >= 0.3 is 12.1 Å². The van der Waals surface area contributed by atoms with Gasteiger partial charge in [-0.1, -0.05) is 50.1 Å². The van der Waals surface area contributed by atoms with E-state index in [9.17, 15) is 27.5 Å². The molecule has 0 bridgehead atoms. The summed E-state index contributed by atoms with van der Waals surface area (Å²) < 4.78 is 54.0. The second-order valence-corrected chi connectivity index (χ2v) is 14.2. The number of benzene rings is 2. The molecule has 1 aromatic heterocycles. The highest BCUT2D eigenvalue weighted by molar-refractivity contribution is 7.11. The van der Waals surface area contributed by atoms with Crippen molar-refractivity contribution in [1.29, 1.82) is 0 Å². The number of aryl methyl sites for hydroxylation is 1. The Bertz CT molecular complexity index is 1480. The molecular formula is C35H41F4N3O2S. The Morgan fingerprint density at radius 1 is 1.07 bits per heavy atom. The van der Waals surface area contributed by atoms with E-state index in [4.69, 9.17) is 4.98 Å². The van der Waals surface area contributed by atoms with E-state index in [1.165, 1.54) is 23.1 Å². The molecule has 0 unspecified atom stereocenters. The molecule has 3 aromatic rings. The van der Waals surface area contributed by atoms with Gasteiger partial charge in [-0.05, 0) is 85.9 Å². The maximum absolute atomic E-state index is 14.3. The fourth-order valence-electron chi connectivity index (χ4n) is 7.34. The van der Waals surface area contributed by atoms with Crippen LogP contribution < -0.4 is 0 Å². The number of nitrogens with zero attached hydrogens (tertiary/aromatic N) is 3. The molecule has 3 heterocycles. The van der Waals surface area contributed by atoms with Crippen molar-refractivity contribution in [3.05, 3.63) is 86.6 Å². The predicted octanol–water partition coefficient (Wildman–Crippen LogP) is 7.60. The van der Waals surface area contributed by atoms with Gasteiger partial charge in [-0.3, -0.25) is 9.69 Å². The summed E-state index contributed by atoms with van der Waals surface area (Å²) in [6.45, 7) is 6.05. The monoisotopic (exact) mass is 643 g/mol. The molecule has 242 valence electrons. The third kappa shape index (κ3) is 7.77. The number of rotatable bonds is 11. The second kappa shape index (κ2) is 13.5. The van der Waals surface area contributed by atoms with Crippen molar-refractivity contribution in [2.24, 2.45) is 11.8 Å². The number of hydrogen-bond donors (Lipinski definition) is 1. The summed E-state index contributed by atoms with van der Waals surface area (Å²) in [5.41, 5.74) is 1.97. The Morgan fingerprint density at radius 3 is 2.49 bits per heavy atom. The highest BCUT2D eigenvalue weighted by atomic mass is 32.1. The van der Waals surface area contributed by atoms with Crippen LogP contribution in [0.2, 0.25) is 0 Å². The Kier molecular flexibility index (Phi) is 9.64. The summed E-state index contributed by atoms with van der Waals surface area (Å²) in [5.74, 6) is 0.122. The molecule has 0 amide bonds. The number of thiazole rings is 1. The average molecular weight is 644 g/mol. The van der Waals surface area contributed by atoms with Crippen LogP contribution in [0.25, 0.3) is 0 Å². The molecule has 1 aliphatic carbocycles. The van der Waals surface area contributed by atoms with Crippen molar-refractivity contribution in [3.63, 3.8) is 0 Å². The average Bonchev–Trinajstić information content (AvgIpc) is 3.60. The lowest BCUT2D eigenvalue weighted by Gasteiger charge is -2.34.